The maximum absolute atomic E-state index is 11.9. The molecule has 0 radical (unpaired) electrons. The third-order valence-corrected chi connectivity index (χ3v) is 2.62. The smallest absolute Gasteiger partial charge is 0.225 e. The average molecular weight is 230 g/mol. The molecule has 1 aliphatic heterocycles. The van der Waals surface area contributed by atoms with E-state index in [1.807, 2.05) is 18.7 Å². The third kappa shape index (κ3) is 3.73. The Morgan fingerprint density at radius 2 is 2.31 bits per heavy atom. The molecule has 0 bridgehead atoms. The Bertz CT molecular complexity index is 243. The molecule has 0 aliphatic carbocycles. The molecular formula is C11H22N2O3. The Hall–Kier alpha value is -0.650. The lowest BCUT2D eigenvalue weighted by atomic mass is 10.0. The summed E-state index contributed by atoms with van der Waals surface area (Å²) < 4.78 is 10.7. The van der Waals surface area contributed by atoms with Crippen molar-refractivity contribution in [3.63, 3.8) is 0 Å². The average Bonchev–Trinajstić information content (AvgIpc) is 2.23. The number of nitrogens with two attached hydrogens (primary N) is 1. The molecule has 1 atom stereocenters. The Labute approximate surface area is 96.9 Å². The molecule has 1 heterocycles. The fraction of sp³-hybridized carbons (Fsp3) is 0.909. The zero-order valence-corrected chi connectivity index (χ0v) is 10.4. The molecule has 1 aliphatic rings. The van der Waals surface area contributed by atoms with Crippen molar-refractivity contribution in [1.29, 1.82) is 0 Å². The normalized spacial score (nSPS) is 24.5. The van der Waals surface area contributed by atoms with E-state index >= 15 is 0 Å². The van der Waals surface area contributed by atoms with Crippen LogP contribution in [-0.2, 0) is 14.3 Å². The fourth-order valence-electron chi connectivity index (χ4n) is 1.96. The van der Waals surface area contributed by atoms with Crippen LogP contribution >= 0.6 is 0 Å². The van der Waals surface area contributed by atoms with Crippen molar-refractivity contribution in [3.8, 4) is 0 Å². The van der Waals surface area contributed by atoms with Gasteiger partial charge >= 0.3 is 0 Å². The lowest BCUT2D eigenvalue weighted by Gasteiger charge is -2.42. The zero-order chi connectivity index (χ0) is 12.2. The van der Waals surface area contributed by atoms with Gasteiger partial charge in [0.05, 0.1) is 24.7 Å². The molecule has 1 unspecified atom stereocenters. The molecule has 0 aromatic carbocycles. The van der Waals surface area contributed by atoms with E-state index in [2.05, 4.69) is 0 Å². The Kier molecular flexibility index (Phi) is 4.70. The number of methoxy groups -OCH3 is 1. The van der Waals surface area contributed by atoms with Crippen molar-refractivity contribution in [1.82, 2.24) is 4.90 Å². The molecular weight excluding hydrogens is 208 g/mol. The maximum Gasteiger partial charge on any atom is 0.225 e. The van der Waals surface area contributed by atoms with Gasteiger partial charge in [0.1, 0.15) is 0 Å². The van der Waals surface area contributed by atoms with Crippen LogP contribution in [0.2, 0.25) is 0 Å². The Balaban J connectivity index is 2.55. The van der Waals surface area contributed by atoms with Gasteiger partial charge in [-0.05, 0) is 13.8 Å². The highest BCUT2D eigenvalue weighted by Crippen LogP contribution is 2.21. The van der Waals surface area contributed by atoms with Crippen LogP contribution < -0.4 is 5.73 Å². The van der Waals surface area contributed by atoms with Crippen LogP contribution in [-0.4, -0.2) is 55.9 Å². The van der Waals surface area contributed by atoms with Crippen molar-refractivity contribution in [3.05, 3.63) is 0 Å². The molecule has 1 fully saturated rings. The minimum atomic E-state index is -0.314. The Morgan fingerprint density at radius 3 is 2.88 bits per heavy atom. The van der Waals surface area contributed by atoms with Crippen molar-refractivity contribution in [2.24, 2.45) is 5.73 Å². The van der Waals surface area contributed by atoms with Gasteiger partial charge in [0.15, 0.2) is 0 Å². The highest BCUT2D eigenvalue weighted by atomic mass is 16.5. The summed E-state index contributed by atoms with van der Waals surface area (Å²) in [6.07, 6.45) is 0.361. The molecule has 5 nitrogen and oxygen atoms in total. The molecule has 2 N–H and O–H groups in total. The van der Waals surface area contributed by atoms with Gasteiger partial charge in [0.25, 0.3) is 0 Å². The number of hydrogen-bond donors (Lipinski definition) is 1. The molecule has 1 rings (SSSR count). The summed E-state index contributed by atoms with van der Waals surface area (Å²) >= 11 is 0. The first-order chi connectivity index (χ1) is 7.48. The van der Waals surface area contributed by atoms with E-state index < -0.39 is 0 Å². The summed E-state index contributed by atoms with van der Waals surface area (Å²) in [6.45, 7) is 6.06. The van der Waals surface area contributed by atoms with E-state index in [-0.39, 0.29) is 17.6 Å². The zero-order valence-electron chi connectivity index (χ0n) is 10.4. The van der Waals surface area contributed by atoms with E-state index in [9.17, 15) is 4.79 Å². The van der Waals surface area contributed by atoms with Crippen molar-refractivity contribution >= 4 is 5.91 Å². The predicted molar refractivity (Wildman–Crippen MR) is 61.1 cm³/mol. The molecule has 0 saturated carbocycles. The first kappa shape index (κ1) is 13.4. The van der Waals surface area contributed by atoms with Gasteiger partial charge in [-0.15, -0.1) is 0 Å². The highest BCUT2D eigenvalue weighted by molar-refractivity contribution is 5.76. The molecule has 5 heteroatoms. The second-order valence-corrected chi connectivity index (χ2v) is 4.75. The number of rotatable bonds is 4. The number of morpholine rings is 1. The number of ether oxygens (including phenoxy) is 2. The van der Waals surface area contributed by atoms with Crippen LogP contribution in [0, 0.1) is 0 Å². The predicted octanol–water partition coefficient (Wildman–Crippen LogP) is -0.0124. The van der Waals surface area contributed by atoms with E-state index in [4.69, 9.17) is 15.2 Å². The summed E-state index contributed by atoms with van der Waals surface area (Å²) in [6, 6.07) is 0. The second-order valence-electron chi connectivity index (χ2n) is 4.75. The van der Waals surface area contributed by atoms with E-state index in [0.717, 1.165) is 0 Å². The number of hydrogen-bond acceptors (Lipinski definition) is 4. The maximum atomic E-state index is 11.9. The number of carbonyl (C=O) groups is 1. The van der Waals surface area contributed by atoms with E-state index in [0.29, 0.717) is 32.7 Å². The van der Waals surface area contributed by atoms with Crippen molar-refractivity contribution < 1.29 is 14.3 Å². The topological polar surface area (TPSA) is 64.8 Å². The van der Waals surface area contributed by atoms with Crippen LogP contribution in [0.3, 0.4) is 0 Å². The van der Waals surface area contributed by atoms with Crippen LogP contribution in [0.1, 0.15) is 20.3 Å². The molecule has 0 aromatic rings. The van der Waals surface area contributed by atoms with Gasteiger partial charge < -0.3 is 20.1 Å². The first-order valence-corrected chi connectivity index (χ1v) is 5.63. The first-order valence-electron chi connectivity index (χ1n) is 5.63. The molecule has 0 aromatic heterocycles. The van der Waals surface area contributed by atoms with Crippen LogP contribution in [0.25, 0.3) is 0 Å². The molecule has 1 amide bonds. The minimum absolute atomic E-state index is 0.0600. The largest absolute Gasteiger partial charge is 0.384 e. The third-order valence-electron chi connectivity index (χ3n) is 2.62. The lowest BCUT2D eigenvalue weighted by Crippen LogP contribution is -2.56. The SMILES string of the molecule is COCCC(=O)N1CC(CN)OC(C)(C)C1. The standard InChI is InChI=1S/C11H22N2O3/c1-11(2)8-13(7-9(6-12)16-11)10(14)4-5-15-3/h9H,4-8,12H2,1-3H3. The summed E-state index contributed by atoms with van der Waals surface area (Å²) in [5.74, 6) is 0.108. The summed E-state index contributed by atoms with van der Waals surface area (Å²) in [5.41, 5.74) is 5.28. The van der Waals surface area contributed by atoms with Crippen molar-refractivity contribution in [2.75, 3.05) is 33.4 Å². The van der Waals surface area contributed by atoms with Crippen molar-refractivity contribution in [2.45, 2.75) is 32.0 Å². The molecule has 16 heavy (non-hydrogen) atoms. The van der Waals surface area contributed by atoms with Crippen LogP contribution in [0.15, 0.2) is 0 Å². The lowest BCUT2D eigenvalue weighted by molar-refractivity contribution is -0.160. The van der Waals surface area contributed by atoms with Crippen LogP contribution in [0.5, 0.6) is 0 Å². The molecule has 94 valence electrons. The van der Waals surface area contributed by atoms with Gasteiger partial charge in [0.2, 0.25) is 5.91 Å². The molecule has 0 spiro atoms. The monoisotopic (exact) mass is 230 g/mol. The summed E-state index contributed by atoms with van der Waals surface area (Å²) in [5, 5.41) is 0. The Morgan fingerprint density at radius 1 is 1.62 bits per heavy atom. The van der Waals surface area contributed by atoms with Gasteiger partial charge in [-0.2, -0.15) is 0 Å². The summed E-state index contributed by atoms with van der Waals surface area (Å²) in [7, 11) is 1.60. The van der Waals surface area contributed by atoms with E-state index in [1.54, 1.807) is 7.11 Å². The minimum Gasteiger partial charge on any atom is -0.384 e. The van der Waals surface area contributed by atoms with Crippen LogP contribution in [0.4, 0.5) is 0 Å². The molecule has 1 saturated heterocycles. The summed E-state index contributed by atoms with van der Waals surface area (Å²) in [4.78, 5) is 13.7. The number of amides is 1. The second kappa shape index (κ2) is 5.61. The highest BCUT2D eigenvalue weighted by Gasteiger charge is 2.34. The van der Waals surface area contributed by atoms with Gasteiger partial charge in [0, 0.05) is 26.7 Å². The van der Waals surface area contributed by atoms with Gasteiger partial charge in [-0.1, -0.05) is 0 Å². The number of carbonyl (C=O) groups excluding carboxylic acids is 1. The van der Waals surface area contributed by atoms with Gasteiger partial charge in [-0.25, -0.2) is 0 Å². The van der Waals surface area contributed by atoms with Gasteiger partial charge in [-0.3, -0.25) is 4.79 Å². The van der Waals surface area contributed by atoms with E-state index in [1.165, 1.54) is 0 Å². The quantitative estimate of drug-likeness (QED) is 0.737. The number of nitrogens with zero attached hydrogens (tertiary/aromatic N) is 1. The fourth-order valence-corrected chi connectivity index (χ4v) is 1.96.